The number of nitrogens with zero attached hydrogens (tertiary/aromatic N) is 3. The van der Waals surface area contributed by atoms with E-state index in [0.29, 0.717) is 31.2 Å². The fourth-order valence-corrected chi connectivity index (χ4v) is 4.69. The van der Waals surface area contributed by atoms with E-state index in [1.165, 1.54) is 22.8 Å². The summed E-state index contributed by atoms with van der Waals surface area (Å²) in [6.07, 6.45) is 2.76. The molecule has 0 bridgehead atoms. The molecule has 0 radical (unpaired) electrons. The van der Waals surface area contributed by atoms with Crippen molar-refractivity contribution in [3.05, 3.63) is 58.8 Å². The maximum atomic E-state index is 10.4. The predicted molar refractivity (Wildman–Crippen MR) is 115 cm³/mol. The Hall–Kier alpha value is -2.70. The molecule has 2 atom stereocenters. The molecule has 30 heavy (non-hydrogen) atoms. The van der Waals surface area contributed by atoms with Gasteiger partial charge in [0.05, 0.1) is 24.0 Å². The summed E-state index contributed by atoms with van der Waals surface area (Å²) in [5, 5.41) is 12.9. The quantitative estimate of drug-likeness (QED) is 0.709. The van der Waals surface area contributed by atoms with Crippen molar-refractivity contribution in [1.29, 1.82) is 0 Å². The van der Waals surface area contributed by atoms with Crippen LogP contribution in [0.25, 0.3) is 10.8 Å². The molecular weight excluding hydrogens is 378 g/mol. The molecular formula is C24H27N3O3. The van der Waals surface area contributed by atoms with E-state index in [0.717, 1.165) is 24.2 Å². The van der Waals surface area contributed by atoms with Crippen molar-refractivity contribution in [2.24, 2.45) is 0 Å². The first-order valence-electron chi connectivity index (χ1n) is 10.6. The van der Waals surface area contributed by atoms with E-state index in [1.807, 2.05) is 0 Å². The number of likely N-dealkylation sites (N-methyl/N-ethyl adjacent to an activating group) is 1. The van der Waals surface area contributed by atoms with Crippen molar-refractivity contribution in [2.45, 2.75) is 44.9 Å². The van der Waals surface area contributed by atoms with Crippen molar-refractivity contribution in [3.63, 3.8) is 0 Å². The van der Waals surface area contributed by atoms with Crippen molar-refractivity contribution in [1.82, 2.24) is 14.9 Å². The average Bonchev–Trinajstić information content (AvgIpc) is 3.16. The summed E-state index contributed by atoms with van der Waals surface area (Å²) >= 11 is 0. The van der Waals surface area contributed by atoms with E-state index >= 15 is 0 Å². The summed E-state index contributed by atoms with van der Waals surface area (Å²) < 4.78 is 12.0. The lowest BCUT2D eigenvalue weighted by Crippen LogP contribution is -2.31. The first-order chi connectivity index (χ1) is 14.6. The second-order valence-electron chi connectivity index (χ2n) is 8.37. The lowest BCUT2D eigenvalue weighted by atomic mass is 9.93. The van der Waals surface area contributed by atoms with Gasteiger partial charge in [0.15, 0.2) is 0 Å². The highest BCUT2D eigenvalue weighted by Gasteiger charge is 2.28. The zero-order valence-electron chi connectivity index (χ0n) is 17.5. The van der Waals surface area contributed by atoms with Gasteiger partial charge in [-0.05, 0) is 55.3 Å². The van der Waals surface area contributed by atoms with Crippen molar-refractivity contribution in [2.75, 3.05) is 20.2 Å². The predicted octanol–water partition coefficient (Wildman–Crippen LogP) is 3.93. The molecule has 6 nitrogen and oxygen atoms in total. The van der Waals surface area contributed by atoms with Gasteiger partial charge in [0.25, 0.3) is 0 Å². The second kappa shape index (κ2) is 7.85. The SMILES string of the molecule is Cc1cccc2cccc(C3Cc4nc(OC[C@@H]5CCCN5C)nc(O)c4CO3)c12. The molecule has 6 heteroatoms. The normalized spacial score (nSPS) is 21.7. The van der Waals surface area contributed by atoms with Crippen LogP contribution in [0.1, 0.15) is 41.3 Å². The number of likely N-dealkylation sites (tertiary alicyclic amines) is 1. The number of benzene rings is 2. The largest absolute Gasteiger partial charge is 0.493 e. The zero-order valence-corrected chi connectivity index (χ0v) is 17.5. The van der Waals surface area contributed by atoms with Gasteiger partial charge >= 0.3 is 6.01 Å². The molecule has 2 aliphatic heterocycles. The molecule has 2 aromatic carbocycles. The Balaban J connectivity index is 1.41. The molecule has 5 rings (SSSR count). The zero-order chi connectivity index (χ0) is 20.7. The summed E-state index contributed by atoms with van der Waals surface area (Å²) in [7, 11) is 2.11. The third-order valence-electron chi connectivity index (χ3n) is 6.43. The van der Waals surface area contributed by atoms with Crippen molar-refractivity contribution < 1.29 is 14.6 Å². The fraction of sp³-hybridized carbons (Fsp3) is 0.417. The highest BCUT2D eigenvalue weighted by Crippen LogP contribution is 2.37. The van der Waals surface area contributed by atoms with E-state index in [9.17, 15) is 5.11 Å². The molecule has 1 fully saturated rings. The molecule has 2 aliphatic rings. The number of aryl methyl sites for hydroxylation is 1. The molecule has 0 spiro atoms. The molecule has 1 N–H and O–H groups in total. The maximum Gasteiger partial charge on any atom is 0.320 e. The van der Waals surface area contributed by atoms with Crippen LogP contribution in [0.15, 0.2) is 36.4 Å². The average molecular weight is 405 g/mol. The van der Waals surface area contributed by atoms with Gasteiger partial charge < -0.3 is 19.5 Å². The number of rotatable bonds is 4. The molecule has 0 amide bonds. The molecule has 1 unspecified atom stereocenters. The minimum atomic E-state index is -0.120. The van der Waals surface area contributed by atoms with Gasteiger partial charge in [0, 0.05) is 12.5 Å². The molecule has 3 aromatic rings. The summed E-state index contributed by atoms with van der Waals surface area (Å²) in [5.74, 6) is -0.0395. The van der Waals surface area contributed by atoms with E-state index < -0.39 is 0 Å². The number of hydrogen-bond acceptors (Lipinski definition) is 6. The Morgan fingerprint density at radius 3 is 2.83 bits per heavy atom. The number of hydrogen-bond donors (Lipinski definition) is 1. The molecule has 1 saturated heterocycles. The maximum absolute atomic E-state index is 10.4. The van der Waals surface area contributed by atoms with E-state index in [2.05, 4.69) is 65.2 Å². The molecule has 156 valence electrons. The minimum absolute atomic E-state index is 0.0395. The van der Waals surface area contributed by atoms with Gasteiger partial charge in [-0.3, -0.25) is 0 Å². The van der Waals surface area contributed by atoms with Crippen LogP contribution in [0.2, 0.25) is 0 Å². The monoisotopic (exact) mass is 405 g/mol. The van der Waals surface area contributed by atoms with E-state index in [1.54, 1.807) is 0 Å². The Labute approximate surface area is 176 Å². The number of aromatic nitrogens is 2. The van der Waals surface area contributed by atoms with Gasteiger partial charge in [-0.2, -0.15) is 9.97 Å². The standard InChI is InChI=1S/C24H27N3O3/c1-15-6-3-7-16-8-4-10-18(22(15)16)21-12-20-19(14-29-21)23(28)26-24(25-20)30-13-17-9-5-11-27(17)2/h3-4,6-8,10,17,21H,5,9,11-14H2,1-2H3,(H,25,26,28)/t17-,21?/m0/s1. The molecule has 3 heterocycles. The number of ether oxygens (including phenoxy) is 2. The van der Waals surface area contributed by atoms with Crippen LogP contribution in [0, 0.1) is 6.92 Å². The lowest BCUT2D eigenvalue weighted by molar-refractivity contribution is 0.0246. The molecule has 1 aromatic heterocycles. The van der Waals surface area contributed by atoms with Gasteiger partial charge in [-0.15, -0.1) is 0 Å². The van der Waals surface area contributed by atoms with Crippen molar-refractivity contribution >= 4 is 10.8 Å². The highest BCUT2D eigenvalue weighted by atomic mass is 16.5. The fourth-order valence-electron chi connectivity index (χ4n) is 4.69. The Morgan fingerprint density at radius 1 is 1.20 bits per heavy atom. The Bertz CT molecular complexity index is 1080. The minimum Gasteiger partial charge on any atom is -0.493 e. The first kappa shape index (κ1) is 19.3. The third kappa shape index (κ3) is 3.50. The van der Waals surface area contributed by atoms with Crippen LogP contribution in [-0.4, -0.2) is 46.2 Å². The summed E-state index contributed by atoms with van der Waals surface area (Å²) in [5.41, 5.74) is 3.85. The van der Waals surface area contributed by atoms with Gasteiger partial charge in [0.1, 0.15) is 6.61 Å². The Morgan fingerprint density at radius 2 is 2.03 bits per heavy atom. The highest BCUT2D eigenvalue weighted by molar-refractivity contribution is 5.89. The van der Waals surface area contributed by atoms with Crippen LogP contribution in [0.5, 0.6) is 11.9 Å². The second-order valence-corrected chi connectivity index (χ2v) is 8.37. The lowest BCUT2D eigenvalue weighted by Gasteiger charge is -2.27. The van der Waals surface area contributed by atoms with Crippen LogP contribution >= 0.6 is 0 Å². The Kier molecular flexibility index (Phi) is 5.05. The molecule has 0 saturated carbocycles. The summed E-state index contributed by atoms with van der Waals surface area (Å²) in [6.45, 7) is 4.05. The number of aromatic hydroxyl groups is 1. The van der Waals surface area contributed by atoms with Crippen LogP contribution in [0.3, 0.4) is 0 Å². The van der Waals surface area contributed by atoms with E-state index in [4.69, 9.17) is 9.47 Å². The third-order valence-corrected chi connectivity index (χ3v) is 6.43. The van der Waals surface area contributed by atoms with Crippen LogP contribution in [-0.2, 0) is 17.8 Å². The van der Waals surface area contributed by atoms with E-state index in [-0.39, 0.29) is 18.0 Å². The first-order valence-corrected chi connectivity index (χ1v) is 10.6. The van der Waals surface area contributed by atoms with Crippen LogP contribution in [0.4, 0.5) is 0 Å². The summed E-state index contributed by atoms with van der Waals surface area (Å²) in [4.78, 5) is 11.1. The van der Waals surface area contributed by atoms with Crippen LogP contribution < -0.4 is 4.74 Å². The van der Waals surface area contributed by atoms with Gasteiger partial charge in [0.2, 0.25) is 5.88 Å². The van der Waals surface area contributed by atoms with Gasteiger partial charge in [-0.1, -0.05) is 36.4 Å². The summed E-state index contributed by atoms with van der Waals surface area (Å²) in [6, 6.07) is 13.3. The van der Waals surface area contributed by atoms with Gasteiger partial charge in [-0.25, -0.2) is 0 Å². The smallest absolute Gasteiger partial charge is 0.320 e. The number of fused-ring (bicyclic) bond motifs is 2. The topological polar surface area (TPSA) is 67.7 Å². The van der Waals surface area contributed by atoms with Crippen molar-refractivity contribution in [3.8, 4) is 11.9 Å². The molecule has 0 aliphatic carbocycles.